The van der Waals surface area contributed by atoms with E-state index in [-0.39, 0.29) is 44.0 Å². The molecule has 0 N–H and O–H groups in total. The molecule has 0 aliphatic carbocycles. The second-order valence-corrected chi connectivity index (χ2v) is 23.3. The summed E-state index contributed by atoms with van der Waals surface area (Å²) in [6.07, 6.45) is 3.44. The van der Waals surface area contributed by atoms with Gasteiger partial charge in [-0.2, -0.15) is 0 Å². The average molecular weight is 1140 g/mol. The molecule has 8 bridgehead atoms. The number of rotatable bonds is 6. The number of aromatic nitrogens is 4. The molecule has 0 amide bonds. The van der Waals surface area contributed by atoms with Crippen LogP contribution in [0.2, 0.25) is 0 Å². The second-order valence-electron chi connectivity index (χ2n) is 23.3. The first-order chi connectivity index (χ1) is 31.7. The molecule has 2 aliphatic rings. The molecule has 0 fully saturated rings. The fraction of sp³-hybridized carbons (Fsp3) is 0.467. The van der Waals surface area contributed by atoms with Crippen molar-refractivity contribution in [2.24, 2.45) is 0 Å². The molecule has 3 aromatic heterocycles. The molecule has 5 heterocycles. The predicted molar refractivity (Wildman–Crippen MR) is 289 cm³/mol. The first kappa shape index (κ1) is 56.5. The van der Waals surface area contributed by atoms with Gasteiger partial charge in [-0.15, -0.1) is 22.1 Å². The Morgan fingerprint density at radius 1 is 0.443 bits per heavy atom. The molecule has 70 heavy (non-hydrogen) atoms. The molecule has 0 radical (unpaired) electrons. The number of fused-ring (bicyclic) bond motifs is 8. The maximum Gasteiger partial charge on any atom is 3.00 e. The standard InChI is InChI=1S/C60H76N4.Au.BF4/c1-21-43-33(5)53-51(37-25-39(57(9,10)11)29-40(26-37)58(12,13)14)54-35(7)45(23-3)49(63-54)32-50-46(24-4)36(8)56(64-50)52(55-34(6)44(22-2)48(62-55)31-47(43)61-53)38-27-41(59(15,16)17)30-42(28-38)60(18,19)20;;2-1(3,4)5/h25-32H,21-24H2,1-20H3;;/q-2;+3;-1. The van der Waals surface area contributed by atoms with Crippen molar-refractivity contribution in [2.75, 3.05) is 0 Å². The Hall–Kier alpha value is -4.43. The number of hydrogen-bond donors (Lipinski definition) is 0. The van der Waals surface area contributed by atoms with Gasteiger partial charge in [0.15, 0.2) is 0 Å². The van der Waals surface area contributed by atoms with E-state index in [0.29, 0.717) is 0 Å². The number of benzene rings is 2. The molecule has 2 aromatic carbocycles. The van der Waals surface area contributed by atoms with Crippen molar-refractivity contribution in [3.63, 3.8) is 0 Å². The number of allylic oxidation sites excluding steroid dienone is 4. The van der Waals surface area contributed by atoms with Crippen molar-refractivity contribution in [2.45, 2.75) is 186 Å². The summed E-state index contributed by atoms with van der Waals surface area (Å²) >= 11 is 0. The topological polar surface area (TPSA) is 54.0 Å². The third-order valence-electron chi connectivity index (χ3n) is 14.2. The molecule has 0 saturated carbocycles. The summed E-state index contributed by atoms with van der Waals surface area (Å²) in [5.41, 5.74) is 27.6. The summed E-state index contributed by atoms with van der Waals surface area (Å²) in [4.78, 5) is 22.9. The van der Waals surface area contributed by atoms with Crippen LogP contribution in [0.3, 0.4) is 0 Å². The van der Waals surface area contributed by atoms with E-state index in [2.05, 4.69) is 187 Å². The average Bonchev–Trinajstić information content (AvgIpc) is 3.91. The molecular formula is C60H76AuBF4N4. The van der Waals surface area contributed by atoms with Crippen molar-refractivity contribution in [3.05, 3.63) is 116 Å². The van der Waals surface area contributed by atoms with E-state index < -0.39 is 7.25 Å². The summed E-state index contributed by atoms with van der Waals surface area (Å²) in [5, 5.41) is 0. The molecule has 378 valence electrons. The van der Waals surface area contributed by atoms with Crippen molar-refractivity contribution in [3.8, 4) is 22.3 Å². The van der Waals surface area contributed by atoms with Crippen LogP contribution in [0.5, 0.6) is 0 Å². The van der Waals surface area contributed by atoms with Gasteiger partial charge in [0.25, 0.3) is 0 Å². The summed E-state index contributed by atoms with van der Waals surface area (Å²) in [7, 11) is -6.00. The normalized spacial score (nSPS) is 13.7. The molecule has 0 spiro atoms. The van der Waals surface area contributed by atoms with Crippen LogP contribution in [0.1, 0.15) is 205 Å². The monoisotopic (exact) mass is 1140 g/mol. The van der Waals surface area contributed by atoms with Crippen LogP contribution in [0.15, 0.2) is 48.5 Å². The zero-order valence-electron chi connectivity index (χ0n) is 45.6. The van der Waals surface area contributed by atoms with Crippen LogP contribution in [0, 0.1) is 13.8 Å². The Balaban J connectivity index is 0.00000145. The van der Waals surface area contributed by atoms with E-state index in [9.17, 15) is 17.3 Å². The molecule has 0 saturated heterocycles. The Kier molecular flexibility index (Phi) is 16.3. The fourth-order valence-corrected chi connectivity index (χ4v) is 9.97. The third kappa shape index (κ3) is 11.4. The Morgan fingerprint density at radius 3 is 0.943 bits per heavy atom. The predicted octanol–water partition coefficient (Wildman–Crippen LogP) is 17.8. The number of hydrogen-bond acceptors (Lipinski definition) is 2. The van der Waals surface area contributed by atoms with Crippen LogP contribution >= 0.6 is 0 Å². The summed E-state index contributed by atoms with van der Waals surface area (Å²) < 4.78 is 39.0. The quantitative estimate of drug-likeness (QED) is 0.126. The molecule has 2 aliphatic heterocycles. The van der Waals surface area contributed by atoms with Gasteiger partial charge >= 0.3 is 29.6 Å². The Labute approximate surface area is 432 Å². The third-order valence-corrected chi connectivity index (χ3v) is 14.2. The minimum absolute atomic E-state index is 0. The summed E-state index contributed by atoms with van der Waals surface area (Å²) in [6, 6.07) is 19.1. The van der Waals surface area contributed by atoms with Gasteiger partial charge in [-0.3, -0.25) is 0 Å². The van der Waals surface area contributed by atoms with E-state index in [1.807, 2.05) is 0 Å². The van der Waals surface area contributed by atoms with Crippen molar-refractivity contribution in [1.29, 1.82) is 0 Å². The minimum atomic E-state index is -6.00. The maximum atomic E-state index is 9.75. The van der Waals surface area contributed by atoms with Gasteiger partial charge in [0.2, 0.25) is 0 Å². The van der Waals surface area contributed by atoms with Gasteiger partial charge in [-0.25, -0.2) is 9.97 Å². The molecule has 0 unspecified atom stereocenters. The first-order valence-corrected chi connectivity index (χ1v) is 25.0. The second kappa shape index (κ2) is 20.2. The van der Waals surface area contributed by atoms with Gasteiger partial charge in [0.1, 0.15) is 0 Å². The summed E-state index contributed by atoms with van der Waals surface area (Å²) in [5.74, 6) is 0. The summed E-state index contributed by atoms with van der Waals surface area (Å²) in [6.45, 7) is 46.0. The number of halogens is 4. The van der Waals surface area contributed by atoms with Crippen molar-refractivity contribution in [1.82, 2.24) is 19.9 Å². The van der Waals surface area contributed by atoms with E-state index in [0.717, 1.165) is 81.7 Å². The van der Waals surface area contributed by atoms with Crippen molar-refractivity contribution >= 4 is 51.6 Å². The number of aryl methyl sites for hydroxylation is 4. The number of nitrogens with zero attached hydrogens (tertiary/aromatic N) is 4. The van der Waals surface area contributed by atoms with E-state index in [1.54, 1.807) is 0 Å². The zero-order valence-corrected chi connectivity index (χ0v) is 47.8. The van der Waals surface area contributed by atoms with Crippen LogP contribution in [0.4, 0.5) is 17.3 Å². The van der Waals surface area contributed by atoms with Crippen molar-refractivity contribution < 1.29 is 39.6 Å². The SMILES string of the molecule is CCC1=C(C)c2nc1cc1[n-]c(c(C)c1CC)c(-c1cc(C(C)(C)C)cc(C(C)(C)C)c1)c1nc(cc3[n-]c(c(C)c3CC)c2-c2cc(C(C)(C)C)cc(C(C)(C)C)c2)C(CC)=C1C.F[B-](F)(F)F.[Au+3]. The smallest absolute Gasteiger partial charge is 0.657 e. The van der Waals surface area contributed by atoms with Gasteiger partial charge in [-0.1, -0.05) is 182 Å². The van der Waals surface area contributed by atoms with Crippen LogP contribution < -0.4 is 9.97 Å². The minimum Gasteiger partial charge on any atom is -0.657 e. The van der Waals surface area contributed by atoms with E-state index in [4.69, 9.17) is 19.9 Å². The van der Waals surface area contributed by atoms with Gasteiger partial charge in [0.05, 0.1) is 22.8 Å². The van der Waals surface area contributed by atoms with Crippen LogP contribution in [-0.2, 0) is 56.9 Å². The first-order valence-electron chi connectivity index (χ1n) is 25.0. The largest absolute Gasteiger partial charge is 3.00 e. The van der Waals surface area contributed by atoms with Crippen LogP contribution in [0.25, 0.3) is 66.6 Å². The molecular weight excluding hydrogens is 1060 g/mol. The molecule has 10 heteroatoms. The van der Waals surface area contributed by atoms with Gasteiger partial charge < -0.3 is 27.2 Å². The van der Waals surface area contributed by atoms with Gasteiger partial charge in [0, 0.05) is 0 Å². The molecule has 7 rings (SSSR count). The Bertz CT molecular complexity index is 2790. The molecule has 0 atom stereocenters. The zero-order chi connectivity index (χ0) is 51.7. The van der Waals surface area contributed by atoms with Gasteiger partial charge in [-0.05, 0) is 142 Å². The molecule has 4 nitrogen and oxygen atoms in total. The Morgan fingerprint density at radius 2 is 0.714 bits per heavy atom. The maximum absolute atomic E-state index is 9.75. The fourth-order valence-electron chi connectivity index (χ4n) is 9.97. The van der Waals surface area contributed by atoms with Crippen LogP contribution in [-0.4, -0.2) is 17.2 Å². The van der Waals surface area contributed by atoms with E-state index >= 15 is 0 Å². The molecule has 5 aromatic rings. The van der Waals surface area contributed by atoms with E-state index in [1.165, 1.54) is 77.9 Å².